The summed E-state index contributed by atoms with van der Waals surface area (Å²) >= 11 is 3.54. The van der Waals surface area contributed by atoms with Crippen LogP contribution in [0.3, 0.4) is 0 Å². The molecule has 0 spiro atoms. The number of aromatic nitrogens is 1. The van der Waals surface area contributed by atoms with Crippen LogP contribution in [0.4, 0.5) is 4.79 Å². The van der Waals surface area contributed by atoms with Gasteiger partial charge in [0.15, 0.2) is 0 Å². The molecule has 0 fully saturated rings. The van der Waals surface area contributed by atoms with Crippen LogP contribution in [0.1, 0.15) is 47.1 Å². The van der Waals surface area contributed by atoms with Crippen molar-refractivity contribution in [3.63, 3.8) is 0 Å². The minimum atomic E-state index is -0.964. The topological polar surface area (TPSA) is 97.2 Å². The highest BCUT2D eigenvalue weighted by atomic mass is 79.9. The van der Waals surface area contributed by atoms with Gasteiger partial charge in [-0.1, -0.05) is 22.0 Å². The number of ether oxygens (including phenoxy) is 1. The lowest BCUT2D eigenvalue weighted by atomic mass is 9.91. The van der Waals surface area contributed by atoms with E-state index in [1.165, 1.54) is 6.92 Å². The van der Waals surface area contributed by atoms with Crippen LogP contribution >= 0.6 is 15.9 Å². The smallest absolute Gasteiger partial charge is 0.419 e. The molecule has 1 heterocycles. The summed E-state index contributed by atoms with van der Waals surface area (Å²) in [7, 11) is 0. The fraction of sp³-hybridized carbons (Fsp3) is 0.481. The Kier molecular flexibility index (Phi) is 9.71. The molecule has 2 aromatic carbocycles. The van der Waals surface area contributed by atoms with Gasteiger partial charge in [-0.3, -0.25) is 4.79 Å². The largest absolute Gasteiger partial charge is 0.443 e. The second-order valence-electron chi connectivity index (χ2n) is 9.80. The summed E-state index contributed by atoms with van der Waals surface area (Å²) in [6, 6.07) is 11.5. The number of rotatable bonds is 11. The molecular weight excluding hydrogens is 544 g/mol. The van der Waals surface area contributed by atoms with Crippen molar-refractivity contribution in [3.05, 3.63) is 46.4 Å². The zero-order chi connectivity index (χ0) is 27.2. The number of benzene rings is 2. The van der Waals surface area contributed by atoms with Crippen LogP contribution < -0.4 is 5.32 Å². The molecule has 0 aliphatic rings. The summed E-state index contributed by atoms with van der Waals surface area (Å²) in [6.07, 6.45) is -0.0964. The summed E-state index contributed by atoms with van der Waals surface area (Å²) in [4.78, 5) is 46.4. The maximum absolute atomic E-state index is 13.2. The lowest BCUT2D eigenvalue weighted by molar-refractivity contribution is -0.328. The van der Waals surface area contributed by atoms with Crippen molar-refractivity contribution in [2.24, 2.45) is 0 Å². The number of amides is 1. The SMILES string of the molecule is CCOOCC(COOCC)(Cc1ccc2c(c1)c1cc(Br)ccc1n2C(=O)OC(C)(C)C)NC(C)=O. The van der Waals surface area contributed by atoms with E-state index < -0.39 is 17.2 Å². The third-order valence-corrected chi connectivity index (χ3v) is 5.92. The molecule has 3 rings (SSSR count). The van der Waals surface area contributed by atoms with E-state index in [4.69, 9.17) is 24.3 Å². The molecule has 0 saturated carbocycles. The Labute approximate surface area is 225 Å². The fourth-order valence-electron chi connectivity index (χ4n) is 4.16. The molecule has 3 aromatic rings. The molecule has 0 aliphatic heterocycles. The van der Waals surface area contributed by atoms with E-state index in [2.05, 4.69) is 21.2 Å². The van der Waals surface area contributed by atoms with Gasteiger partial charge < -0.3 is 10.1 Å². The summed E-state index contributed by atoms with van der Waals surface area (Å²) < 4.78 is 8.17. The highest BCUT2D eigenvalue weighted by Crippen LogP contribution is 2.33. The number of hydrogen-bond donors (Lipinski definition) is 1. The van der Waals surface area contributed by atoms with Gasteiger partial charge >= 0.3 is 6.09 Å². The Morgan fingerprint density at radius 3 is 2.00 bits per heavy atom. The first-order valence-electron chi connectivity index (χ1n) is 12.2. The minimum Gasteiger partial charge on any atom is -0.443 e. The first kappa shape index (κ1) is 29.1. The van der Waals surface area contributed by atoms with Gasteiger partial charge in [0.1, 0.15) is 18.8 Å². The number of hydrogen-bond acceptors (Lipinski definition) is 7. The van der Waals surface area contributed by atoms with Gasteiger partial charge in [0.2, 0.25) is 5.91 Å². The van der Waals surface area contributed by atoms with Gasteiger partial charge in [0.05, 0.1) is 29.8 Å². The molecule has 0 saturated heterocycles. The number of fused-ring (bicyclic) bond motifs is 3. The maximum atomic E-state index is 13.2. The third kappa shape index (κ3) is 7.52. The summed E-state index contributed by atoms with van der Waals surface area (Å²) in [6.45, 7) is 11.4. The highest BCUT2D eigenvalue weighted by Gasteiger charge is 2.34. The first-order chi connectivity index (χ1) is 17.5. The predicted octanol–water partition coefficient (Wildman–Crippen LogP) is 5.69. The fourth-order valence-corrected chi connectivity index (χ4v) is 4.52. The average Bonchev–Trinajstić information content (AvgIpc) is 3.11. The van der Waals surface area contributed by atoms with Crippen molar-refractivity contribution in [3.8, 4) is 0 Å². The summed E-state index contributed by atoms with van der Waals surface area (Å²) in [5.41, 5.74) is 0.733. The summed E-state index contributed by atoms with van der Waals surface area (Å²) in [5.74, 6) is -0.244. The Hall–Kier alpha value is -2.50. The highest BCUT2D eigenvalue weighted by molar-refractivity contribution is 9.10. The molecule has 0 unspecified atom stereocenters. The van der Waals surface area contributed by atoms with Crippen molar-refractivity contribution in [1.29, 1.82) is 0 Å². The third-order valence-electron chi connectivity index (χ3n) is 5.42. The molecular formula is C27H35BrN2O7. The van der Waals surface area contributed by atoms with E-state index in [1.807, 2.05) is 71.0 Å². The number of carbonyl (C=O) groups is 2. The molecule has 37 heavy (non-hydrogen) atoms. The monoisotopic (exact) mass is 578 g/mol. The molecule has 202 valence electrons. The Morgan fingerprint density at radius 2 is 1.46 bits per heavy atom. The van der Waals surface area contributed by atoms with Crippen LogP contribution in [-0.2, 0) is 35.5 Å². The minimum absolute atomic E-state index is 0.0384. The van der Waals surface area contributed by atoms with Crippen LogP contribution in [-0.4, -0.2) is 54.1 Å². The number of nitrogens with one attached hydrogen (secondary N) is 1. The lowest BCUT2D eigenvalue weighted by Crippen LogP contribution is -2.56. The van der Waals surface area contributed by atoms with Gasteiger partial charge in [-0.05, 0) is 70.5 Å². The van der Waals surface area contributed by atoms with E-state index in [-0.39, 0.29) is 19.1 Å². The van der Waals surface area contributed by atoms with Crippen molar-refractivity contribution >= 4 is 49.7 Å². The molecule has 0 radical (unpaired) electrons. The van der Waals surface area contributed by atoms with E-state index in [9.17, 15) is 9.59 Å². The van der Waals surface area contributed by atoms with E-state index >= 15 is 0 Å². The zero-order valence-corrected chi connectivity index (χ0v) is 23.8. The van der Waals surface area contributed by atoms with Gasteiger partial charge in [-0.15, -0.1) is 0 Å². The van der Waals surface area contributed by atoms with Crippen molar-refractivity contribution in [2.45, 2.75) is 59.1 Å². The van der Waals surface area contributed by atoms with Crippen LogP contribution in [0.5, 0.6) is 0 Å². The normalized spacial score (nSPS) is 12.3. The van der Waals surface area contributed by atoms with Crippen LogP contribution in [0.15, 0.2) is 40.9 Å². The summed E-state index contributed by atoms with van der Waals surface area (Å²) in [5, 5.41) is 4.72. The lowest BCUT2D eigenvalue weighted by Gasteiger charge is -2.33. The number of nitrogens with zero attached hydrogens (tertiary/aromatic N) is 1. The maximum Gasteiger partial charge on any atom is 0.419 e. The van der Waals surface area contributed by atoms with Crippen LogP contribution in [0, 0.1) is 0 Å². The Morgan fingerprint density at radius 1 is 0.892 bits per heavy atom. The number of carbonyl (C=O) groups excluding carboxylic acids is 2. The zero-order valence-electron chi connectivity index (χ0n) is 22.2. The van der Waals surface area contributed by atoms with E-state index in [0.29, 0.717) is 25.2 Å². The number of halogens is 1. The molecule has 1 aromatic heterocycles. The molecule has 1 amide bonds. The Bertz CT molecular complexity index is 1240. The van der Waals surface area contributed by atoms with Gasteiger partial charge in [0.25, 0.3) is 0 Å². The van der Waals surface area contributed by atoms with Crippen LogP contribution in [0.25, 0.3) is 21.8 Å². The molecule has 9 nitrogen and oxygen atoms in total. The first-order valence-corrected chi connectivity index (χ1v) is 13.0. The second kappa shape index (κ2) is 12.4. The van der Waals surface area contributed by atoms with Crippen molar-refractivity contribution in [1.82, 2.24) is 9.88 Å². The van der Waals surface area contributed by atoms with Gasteiger partial charge in [-0.25, -0.2) is 28.9 Å². The van der Waals surface area contributed by atoms with E-state index in [1.54, 1.807) is 4.57 Å². The van der Waals surface area contributed by atoms with E-state index in [0.717, 1.165) is 26.3 Å². The molecule has 0 aliphatic carbocycles. The Balaban J connectivity index is 2.10. The average molecular weight is 579 g/mol. The standard InChI is InChI=1S/C27H35BrN2O7/c1-7-33-35-16-27(29-18(3)31,17-36-34-8-2)15-19-9-11-23-21(13-19)22-14-20(28)10-12-24(22)30(23)25(32)37-26(4,5)6/h9-14H,7-8,15-17H2,1-6H3,(H,29,31). The molecule has 1 N–H and O–H groups in total. The quantitative estimate of drug-likeness (QED) is 0.177. The molecule has 10 heteroatoms. The second-order valence-corrected chi connectivity index (χ2v) is 10.7. The molecule has 0 bridgehead atoms. The van der Waals surface area contributed by atoms with Crippen LogP contribution in [0.2, 0.25) is 0 Å². The molecule has 0 atom stereocenters. The van der Waals surface area contributed by atoms with Crippen molar-refractivity contribution in [2.75, 3.05) is 26.4 Å². The van der Waals surface area contributed by atoms with Crippen molar-refractivity contribution < 1.29 is 33.9 Å². The van der Waals surface area contributed by atoms with Gasteiger partial charge in [0, 0.05) is 28.6 Å². The predicted molar refractivity (Wildman–Crippen MR) is 144 cm³/mol. The van der Waals surface area contributed by atoms with Gasteiger partial charge in [-0.2, -0.15) is 0 Å².